The van der Waals surface area contributed by atoms with E-state index in [0.717, 1.165) is 4.99 Å². The maximum absolute atomic E-state index is 5.23. The van der Waals surface area contributed by atoms with Crippen molar-refractivity contribution in [3.8, 4) is 0 Å². The van der Waals surface area contributed by atoms with E-state index in [1.165, 1.54) is 5.57 Å². The van der Waals surface area contributed by atoms with Crippen LogP contribution >= 0.6 is 12.2 Å². The molecule has 0 aromatic heterocycles. The zero-order valence-electron chi connectivity index (χ0n) is 8.51. The van der Waals surface area contributed by atoms with Gasteiger partial charge in [0.1, 0.15) is 4.99 Å². The highest BCUT2D eigenvalue weighted by Crippen LogP contribution is 2.38. The van der Waals surface area contributed by atoms with Crippen molar-refractivity contribution < 1.29 is 0 Å². The first-order valence-corrected chi connectivity index (χ1v) is 4.73. The quantitative estimate of drug-likeness (QED) is 0.419. The van der Waals surface area contributed by atoms with Gasteiger partial charge in [0.05, 0.1) is 6.04 Å². The summed E-state index contributed by atoms with van der Waals surface area (Å²) in [5.41, 5.74) is 1.62. The molecule has 12 heavy (non-hydrogen) atoms. The SMILES string of the molecule is C/C=C1\C(=S)N(C)C1C(C)(C)C. The Hall–Kier alpha value is -0.370. The third-order valence-electron chi connectivity index (χ3n) is 2.38. The summed E-state index contributed by atoms with van der Waals surface area (Å²) >= 11 is 5.23. The van der Waals surface area contributed by atoms with E-state index in [1.54, 1.807) is 0 Å². The van der Waals surface area contributed by atoms with Gasteiger partial charge in [-0.15, -0.1) is 0 Å². The zero-order valence-corrected chi connectivity index (χ0v) is 9.33. The smallest absolute Gasteiger partial charge is 0.107 e. The van der Waals surface area contributed by atoms with Crippen molar-refractivity contribution in [3.05, 3.63) is 11.6 Å². The molecule has 1 atom stereocenters. The number of likely N-dealkylation sites (tertiary alicyclic amines) is 1. The number of rotatable bonds is 0. The first-order chi connectivity index (χ1) is 5.39. The largest absolute Gasteiger partial charge is 0.358 e. The fourth-order valence-corrected chi connectivity index (χ4v) is 2.24. The van der Waals surface area contributed by atoms with Gasteiger partial charge in [0.25, 0.3) is 0 Å². The van der Waals surface area contributed by atoms with Crippen LogP contribution in [0.4, 0.5) is 0 Å². The van der Waals surface area contributed by atoms with Crippen LogP contribution in [0.3, 0.4) is 0 Å². The molecule has 1 saturated heterocycles. The third kappa shape index (κ3) is 1.28. The molecular formula is C10H17NS. The Morgan fingerprint density at radius 1 is 1.42 bits per heavy atom. The summed E-state index contributed by atoms with van der Waals surface area (Å²) in [6.45, 7) is 8.81. The van der Waals surface area contributed by atoms with Crippen molar-refractivity contribution in [2.75, 3.05) is 7.05 Å². The highest BCUT2D eigenvalue weighted by Gasteiger charge is 2.42. The molecule has 0 aliphatic carbocycles. The molecule has 0 aromatic rings. The molecule has 2 heteroatoms. The molecule has 0 aromatic carbocycles. The fourth-order valence-electron chi connectivity index (χ4n) is 1.91. The van der Waals surface area contributed by atoms with Gasteiger partial charge in [0.2, 0.25) is 0 Å². The molecule has 0 spiro atoms. The van der Waals surface area contributed by atoms with Crippen LogP contribution in [0.5, 0.6) is 0 Å². The monoisotopic (exact) mass is 183 g/mol. The molecule has 1 aliphatic rings. The van der Waals surface area contributed by atoms with Gasteiger partial charge in [0.15, 0.2) is 0 Å². The summed E-state index contributed by atoms with van der Waals surface area (Å²) in [4.78, 5) is 3.20. The Labute approximate surface area is 80.4 Å². The fraction of sp³-hybridized carbons (Fsp3) is 0.700. The number of hydrogen-bond donors (Lipinski definition) is 0. The summed E-state index contributed by atoms with van der Waals surface area (Å²) in [7, 11) is 2.07. The number of thiocarbonyl (C=S) groups is 1. The average molecular weight is 183 g/mol. The predicted molar refractivity (Wildman–Crippen MR) is 57.4 cm³/mol. The van der Waals surface area contributed by atoms with Crippen LogP contribution in [0, 0.1) is 5.41 Å². The minimum atomic E-state index is 0.291. The molecule has 0 N–H and O–H groups in total. The van der Waals surface area contributed by atoms with Crippen molar-refractivity contribution in [1.82, 2.24) is 4.90 Å². The van der Waals surface area contributed by atoms with Crippen LogP contribution in [0.25, 0.3) is 0 Å². The summed E-state index contributed by atoms with van der Waals surface area (Å²) in [6.07, 6.45) is 2.14. The molecular weight excluding hydrogens is 166 g/mol. The van der Waals surface area contributed by atoms with Crippen LogP contribution < -0.4 is 0 Å². The van der Waals surface area contributed by atoms with Crippen molar-refractivity contribution >= 4 is 17.2 Å². The van der Waals surface area contributed by atoms with E-state index in [1.807, 2.05) is 0 Å². The maximum atomic E-state index is 5.23. The van der Waals surface area contributed by atoms with Crippen LogP contribution in [-0.4, -0.2) is 23.0 Å². The van der Waals surface area contributed by atoms with Crippen LogP contribution in [0.15, 0.2) is 11.6 Å². The van der Waals surface area contributed by atoms with Gasteiger partial charge in [-0.2, -0.15) is 0 Å². The second kappa shape index (κ2) is 2.84. The standard InChI is InChI=1S/C10H17NS/c1-6-7-8(10(2,3)4)11(5)9(7)12/h6,8H,1-5H3/b7-6-. The topological polar surface area (TPSA) is 3.24 Å². The van der Waals surface area contributed by atoms with E-state index >= 15 is 0 Å². The van der Waals surface area contributed by atoms with Gasteiger partial charge in [-0.05, 0) is 12.3 Å². The first-order valence-electron chi connectivity index (χ1n) is 4.33. The molecule has 0 radical (unpaired) electrons. The summed E-state index contributed by atoms with van der Waals surface area (Å²) in [5.74, 6) is 0. The normalized spacial score (nSPS) is 27.8. The van der Waals surface area contributed by atoms with Gasteiger partial charge < -0.3 is 4.90 Å². The Balaban J connectivity index is 2.88. The molecule has 1 aliphatic heterocycles. The van der Waals surface area contributed by atoms with Gasteiger partial charge >= 0.3 is 0 Å². The number of allylic oxidation sites excluding steroid dienone is 1. The summed E-state index contributed by atoms with van der Waals surface area (Å²) < 4.78 is 0. The van der Waals surface area contributed by atoms with Gasteiger partial charge in [-0.1, -0.05) is 39.1 Å². The molecule has 1 heterocycles. The summed E-state index contributed by atoms with van der Waals surface area (Å²) in [6, 6.07) is 0.509. The third-order valence-corrected chi connectivity index (χ3v) is 2.90. The maximum Gasteiger partial charge on any atom is 0.107 e. The van der Waals surface area contributed by atoms with E-state index in [-0.39, 0.29) is 0 Å². The Morgan fingerprint density at radius 2 is 1.92 bits per heavy atom. The lowest BCUT2D eigenvalue weighted by atomic mass is 9.76. The minimum absolute atomic E-state index is 0.291. The molecule has 1 nitrogen and oxygen atoms in total. The van der Waals surface area contributed by atoms with Gasteiger partial charge in [0, 0.05) is 12.6 Å². The predicted octanol–water partition coefficient (Wildman–Crippen LogP) is 2.62. The molecule has 1 rings (SSSR count). The summed E-state index contributed by atoms with van der Waals surface area (Å²) in [5, 5.41) is 0. The number of hydrogen-bond acceptors (Lipinski definition) is 1. The lowest BCUT2D eigenvalue weighted by Crippen LogP contribution is -2.57. The number of nitrogens with zero attached hydrogens (tertiary/aromatic N) is 1. The lowest BCUT2D eigenvalue weighted by Gasteiger charge is -2.50. The van der Waals surface area contributed by atoms with E-state index in [2.05, 4.69) is 45.7 Å². The molecule has 1 unspecified atom stereocenters. The van der Waals surface area contributed by atoms with Gasteiger partial charge in [-0.25, -0.2) is 0 Å². The van der Waals surface area contributed by atoms with Crippen LogP contribution in [0.1, 0.15) is 27.7 Å². The molecule has 0 saturated carbocycles. The Morgan fingerprint density at radius 3 is 2.17 bits per heavy atom. The van der Waals surface area contributed by atoms with E-state index in [4.69, 9.17) is 12.2 Å². The first kappa shape index (κ1) is 9.72. The van der Waals surface area contributed by atoms with Crippen LogP contribution in [-0.2, 0) is 0 Å². The Kier molecular flexibility index (Phi) is 2.30. The zero-order chi connectivity index (χ0) is 9.52. The van der Waals surface area contributed by atoms with E-state index in [9.17, 15) is 0 Å². The molecule has 0 amide bonds. The van der Waals surface area contributed by atoms with Crippen molar-refractivity contribution in [3.63, 3.8) is 0 Å². The van der Waals surface area contributed by atoms with E-state index in [0.29, 0.717) is 11.5 Å². The molecule has 1 fully saturated rings. The van der Waals surface area contributed by atoms with Crippen LogP contribution in [0.2, 0.25) is 0 Å². The van der Waals surface area contributed by atoms with Crippen molar-refractivity contribution in [1.29, 1.82) is 0 Å². The highest BCUT2D eigenvalue weighted by molar-refractivity contribution is 7.80. The Bertz CT molecular complexity index is 235. The molecule has 0 bridgehead atoms. The number of likely N-dealkylation sites (N-methyl/N-ethyl adjacent to an activating group) is 1. The lowest BCUT2D eigenvalue weighted by molar-refractivity contribution is 0.199. The second-order valence-electron chi connectivity index (χ2n) is 4.43. The molecule has 68 valence electrons. The van der Waals surface area contributed by atoms with Crippen molar-refractivity contribution in [2.24, 2.45) is 5.41 Å². The van der Waals surface area contributed by atoms with E-state index < -0.39 is 0 Å². The average Bonchev–Trinajstić information content (AvgIpc) is 1.95. The van der Waals surface area contributed by atoms with Gasteiger partial charge in [-0.3, -0.25) is 0 Å². The minimum Gasteiger partial charge on any atom is -0.358 e. The highest BCUT2D eigenvalue weighted by atomic mass is 32.1. The second-order valence-corrected chi connectivity index (χ2v) is 4.82. The van der Waals surface area contributed by atoms with Crippen molar-refractivity contribution in [2.45, 2.75) is 33.7 Å².